The molecule has 6 aromatic rings. The number of nitrogens with one attached hydrogen (secondary N) is 3. The maximum atomic E-state index is 12.1. The molecule has 13 nitrogen and oxygen atoms in total. The summed E-state index contributed by atoms with van der Waals surface area (Å²) in [5.41, 5.74) is 11.6. The highest BCUT2D eigenvalue weighted by Gasteiger charge is 2.07. The number of nitrogens with zero attached hydrogens (tertiary/aromatic N) is 6. The van der Waals surface area contributed by atoms with Crippen molar-refractivity contribution in [2.75, 3.05) is 59.7 Å². The van der Waals surface area contributed by atoms with E-state index in [1.807, 2.05) is 154 Å². The Balaban J connectivity index is 0.000000204. The van der Waals surface area contributed by atoms with Crippen LogP contribution < -0.4 is 31.5 Å². The van der Waals surface area contributed by atoms with Gasteiger partial charge in [-0.2, -0.15) is 9.97 Å². The third-order valence-corrected chi connectivity index (χ3v) is 7.40. The zero-order chi connectivity index (χ0) is 38.9. The third-order valence-electron chi connectivity index (χ3n) is 7.40. The van der Waals surface area contributed by atoms with Crippen LogP contribution in [-0.4, -0.2) is 65.1 Å². The van der Waals surface area contributed by atoms with Crippen molar-refractivity contribution in [1.29, 1.82) is 0 Å². The quantitative estimate of drug-likeness (QED) is 0.0870. The molecule has 0 spiro atoms. The molecule has 0 saturated carbocycles. The molecule has 1 amide bonds. The normalized spacial score (nSPS) is 10.0. The van der Waals surface area contributed by atoms with E-state index in [0.29, 0.717) is 18.3 Å². The molecule has 4 aromatic carbocycles. The summed E-state index contributed by atoms with van der Waals surface area (Å²) in [5, 5.41) is 17.6. The Morgan fingerprint density at radius 2 is 1.13 bits per heavy atom. The molecule has 0 radical (unpaired) electrons. The number of aromatic nitrogens is 4. The van der Waals surface area contributed by atoms with Crippen LogP contribution in [0.4, 0.5) is 46.3 Å². The van der Waals surface area contributed by atoms with Crippen molar-refractivity contribution in [3.63, 3.8) is 0 Å². The zero-order valence-electron chi connectivity index (χ0n) is 31.1. The minimum absolute atomic E-state index is 0.0421. The Morgan fingerprint density at radius 1 is 0.630 bits per heavy atom. The van der Waals surface area contributed by atoms with Crippen LogP contribution in [0.1, 0.15) is 16.8 Å². The lowest BCUT2D eigenvalue weighted by Gasteiger charge is -2.14. The molecule has 278 valence electrons. The Kier molecular flexibility index (Phi) is 14.8. The fourth-order valence-corrected chi connectivity index (χ4v) is 4.71. The Labute approximate surface area is 316 Å². The molecule has 2 heterocycles. The molecule has 6 N–H and O–H groups in total. The largest absolute Gasteiger partial charge is 0.481 e. The van der Waals surface area contributed by atoms with Crippen LogP contribution in [0.5, 0.6) is 0 Å². The van der Waals surface area contributed by atoms with Crippen molar-refractivity contribution in [2.45, 2.75) is 19.8 Å². The van der Waals surface area contributed by atoms with Gasteiger partial charge in [0.15, 0.2) is 0 Å². The van der Waals surface area contributed by atoms with Gasteiger partial charge in [-0.05, 0) is 72.6 Å². The SMILES string of the molecule is CN(C)c1ccnc(Nc2ccc(N)cc2)n1.Cc1cc(N(C)C)nc(Nc2ccc(NC(=O)Cc3ccccc3)cc2)n1.O=C(O)Cc1ccccc1. The molecular weight excluding hydrogens is 681 g/mol. The van der Waals surface area contributed by atoms with E-state index in [1.165, 1.54) is 0 Å². The molecule has 0 bridgehead atoms. The number of carboxylic acid groups (broad SMARTS) is 1. The second-order valence-electron chi connectivity index (χ2n) is 12.4. The van der Waals surface area contributed by atoms with E-state index >= 15 is 0 Å². The van der Waals surface area contributed by atoms with Crippen LogP contribution in [0.3, 0.4) is 0 Å². The zero-order valence-corrected chi connectivity index (χ0v) is 31.1. The molecule has 0 aliphatic carbocycles. The molecule has 0 aliphatic rings. The van der Waals surface area contributed by atoms with Crippen LogP contribution in [-0.2, 0) is 22.4 Å². The number of benzene rings is 4. The fraction of sp³-hybridized carbons (Fsp3) is 0.171. The summed E-state index contributed by atoms with van der Waals surface area (Å²) >= 11 is 0. The number of carboxylic acids is 1. The number of aliphatic carboxylic acids is 1. The average Bonchev–Trinajstić information content (AvgIpc) is 3.14. The molecular formula is C41H46N10O3. The lowest BCUT2D eigenvalue weighted by atomic mass is 10.1. The Morgan fingerprint density at radius 3 is 1.69 bits per heavy atom. The van der Waals surface area contributed by atoms with E-state index < -0.39 is 5.97 Å². The third kappa shape index (κ3) is 13.9. The average molecular weight is 727 g/mol. The summed E-state index contributed by atoms with van der Waals surface area (Å²) in [4.78, 5) is 43.6. The van der Waals surface area contributed by atoms with Crippen LogP contribution in [0.25, 0.3) is 0 Å². The van der Waals surface area contributed by atoms with Gasteiger partial charge in [-0.3, -0.25) is 9.59 Å². The van der Waals surface area contributed by atoms with Crippen LogP contribution in [0.15, 0.2) is 128 Å². The highest BCUT2D eigenvalue weighted by Crippen LogP contribution is 2.20. The Bertz CT molecular complexity index is 2060. The molecule has 0 atom stereocenters. The monoisotopic (exact) mass is 726 g/mol. The lowest BCUT2D eigenvalue weighted by molar-refractivity contribution is -0.136. The summed E-state index contributed by atoms with van der Waals surface area (Å²) in [6.07, 6.45) is 2.19. The van der Waals surface area contributed by atoms with Crippen LogP contribution in [0, 0.1) is 6.92 Å². The first-order valence-electron chi connectivity index (χ1n) is 17.1. The van der Waals surface area contributed by atoms with Gasteiger partial charge < -0.3 is 36.6 Å². The number of nitrogen functional groups attached to an aromatic ring is 1. The van der Waals surface area contributed by atoms with Crippen molar-refractivity contribution in [3.8, 4) is 0 Å². The number of hydrogen-bond acceptors (Lipinski definition) is 11. The van der Waals surface area contributed by atoms with Crippen molar-refractivity contribution in [1.82, 2.24) is 19.9 Å². The van der Waals surface area contributed by atoms with Crippen LogP contribution >= 0.6 is 0 Å². The number of anilines is 8. The van der Waals surface area contributed by atoms with Crippen molar-refractivity contribution < 1.29 is 14.7 Å². The maximum absolute atomic E-state index is 12.1. The van der Waals surface area contributed by atoms with Gasteiger partial charge in [0.25, 0.3) is 0 Å². The van der Waals surface area contributed by atoms with Gasteiger partial charge in [-0.15, -0.1) is 0 Å². The first kappa shape index (κ1) is 39.8. The summed E-state index contributed by atoms with van der Waals surface area (Å²) in [5.74, 6) is 1.99. The smallest absolute Gasteiger partial charge is 0.307 e. The number of carbonyl (C=O) groups excluding carboxylic acids is 1. The standard InChI is InChI=1S/C21H23N5O.C12H15N5.C8H8O2/c1-15-13-19(26(2)3)25-21(22-15)24-18-11-9-17(10-12-18)23-20(27)14-16-7-5-4-6-8-16;1-17(2)11-7-8-14-12(16-11)15-10-5-3-9(13)4-6-10;9-8(10)6-7-4-2-1-3-5-7/h4-13H,14H2,1-3H3,(H,23,27)(H,22,24,25);3-8H,13H2,1-2H3,(H,14,15,16);1-5H,6H2,(H,9,10). The van der Waals surface area contributed by atoms with Gasteiger partial charge >= 0.3 is 5.97 Å². The van der Waals surface area contributed by atoms with E-state index in [2.05, 4.69) is 35.9 Å². The molecule has 0 saturated heterocycles. The first-order chi connectivity index (χ1) is 25.9. The molecule has 2 aromatic heterocycles. The number of aryl methyl sites for hydroxylation is 1. The van der Waals surface area contributed by atoms with Crippen molar-refractivity contribution in [2.24, 2.45) is 0 Å². The number of hydrogen-bond donors (Lipinski definition) is 5. The molecule has 6 rings (SSSR count). The lowest BCUT2D eigenvalue weighted by Crippen LogP contribution is -2.14. The van der Waals surface area contributed by atoms with Crippen LogP contribution in [0.2, 0.25) is 0 Å². The van der Waals surface area contributed by atoms with Crippen molar-refractivity contribution in [3.05, 3.63) is 144 Å². The van der Waals surface area contributed by atoms with Gasteiger partial charge in [0.2, 0.25) is 17.8 Å². The van der Waals surface area contributed by atoms with E-state index in [0.717, 1.165) is 51.2 Å². The number of rotatable bonds is 11. The molecule has 0 fully saturated rings. The maximum Gasteiger partial charge on any atom is 0.307 e. The van der Waals surface area contributed by atoms with Gasteiger partial charge in [-0.25, -0.2) is 9.97 Å². The second kappa shape index (κ2) is 20.1. The fourth-order valence-electron chi connectivity index (χ4n) is 4.71. The summed E-state index contributed by atoms with van der Waals surface area (Å²) in [7, 11) is 7.77. The summed E-state index contributed by atoms with van der Waals surface area (Å²) < 4.78 is 0. The first-order valence-corrected chi connectivity index (χ1v) is 17.1. The number of carbonyl (C=O) groups is 2. The summed E-state index contributed by atoms with van der Waals surface area (Å²) in [6.45, 7) is 1.94. The molecule has 0 aliphatic heterocycles. The van der Waals surface area contributed by atoms with Gasteiger partial charge in [0.05, 0.1) is 12.8 Å². The predicted octanol–water partition coefficient (Wildman–Crippen LogP) is 6.96. The molecule has 0 unspecified atom stereocenters. The van der Waals surface area contributed by atoms with Gasteiger partial charge in [-0.1, -0.05) is 60.7 Å². The van der Waals surface area contributed by atoms with E-state index in [4.69, 9.17) is 10.8 Å². The molecule has 13 heteroatoms. The Hall–Kier alpha value is -7.02. The van der Waals surface area contributed by atoms with Crippen molar-refractivity contribution >= 4 is 58.2 Å². The van der Waals surface area contributed by atoms with E-state index in [-0.39, 0.29) is 12.3 Å². The van der Waals surface area contributed by atoms with Gasteiger partial charge in [0.1, 0.15) is 11.6 Å². The summed E-state index contributed by atoms with van der Waals surface area (Å²) in [6, 6.07) is 37.5. The topological polar surface area (TPSA) is 175 Å². The second-order valence-corrected chi connectivity index (χ2v) is 12.4. The minimum atomic E-state index is -0.786. The predicted molar refractivity (Wildman–Crippen MR) is 218 cm³/mol. The van der Waals surface area contributed by atoms with Gasteiger partial charge in [0, 0.05) is 68.9 Å². The minimum Gasteiger partial charge on any atom is -0.481 e. The highest BCUT2D eigenvalue weighted by molar-refractivity contribution is 5.92. The van der Waals surface area contributed by atoms with E-state index in [1.54, 1.807) is 18.3 Å². The molecule has 54 heavy (non-hydrogen) atoms. The van der Waals surface area contributed by atoms with E-state index in [9.17, 15) is 9.59 Å². The number of amides is 1. The highest BCUT2D eigenvalue weighted by atomic mass is 16.4. The number of nitrogens with two attached hydrogens (primary N) is 1.